The third kappa shape index (κ3) is 2.51. The number of pyridine rings is 3. The molecule has 0 amide bonds. The molecule has 30 heavy (non-hydrogen) atoms. The molecule has 0 bridgehead atoms. The molecule has 144 valence electrons. The second-order valence-corrected chi connectivity index (χ2v) is 7.04. The summed E-state index contributed by atoms with van der Waals surface area (Å²) in [6, 6.07) is 7.87. The summed E-state index contributed by atoms with van der Waals surface area (Å²) in [7, 11) is 0. The quantitative estimate of drug-likeness (QED) is 0.457. The number of H-pyrrole nitrogens is 2. The number of nitrogens with one attached hydrogen (secondary N) is 2. The minimum absolute atomic E-state index is 0.626. The molecule has 6 heterocycles. The van der Waals surface area contributed by atoms with E-state index < -0.39 is 0 Å². The molecule has 0 radical (unpaired) electrons. The minimum Gasteiger partial charge on any atom is -0.472 e. The Balaban J connectivity index is 1.53. The highest BCUT2D eigenvalue weighted by Crippen LogP contribution is 2.32. The molecule has 0 saturated heterocycles. The lowest BCUT2D eigenvalue weighted by atomic mass is 10.0. The van der Waals surface area contributed by atoms with Crippen LogP contribution in [-0.2, 0) is 0 Å². The molecule has 0 fully saturated rings. The van der Waals surface area contributed by atoms with Crippen molar-refractivity contribution < 1.29 is 4.42 Å². The minimum atomic E-state index is 0.626. The molecule has 6 rings (SSSR count). The Morgan fingerprint density at radius 3 is 2.77 bits per heavy atom. The number of imidazole rings is 1. The van der Waals surface area contributed by atoms with Gasteiger partial charge in [-0.2, -0.15) is 5.10 Å². The molecular weight excluding hydrogens is 378 g/mol. The topological polar surface area (TPSA) is 109 Å². The van der Waals surface area contributed by atoms with Crippen LogP contribution in [0.3, 0.4) is 0 Å². The molecule has 0 saturated carbocycles. The zero-order valence-corrected chi connectivity index (χ0v) is 15.9. The van der Waals surface area contributed by atoms with E-state index in [0.717, 1.165) is 38.7 Å². The van der Waals surface area contributed by atoms with Gasteiger partial charge in [-0.15, -0.1) is 0 Å². The summed E-state index contributed by atoms with van der Waals surface area (Å²) in [5, 5.41) is 8.34. The first kappa shape index (κ1) is 16.6. The summed E-state index contributed by atoms with van der Waals surface area (Å²) in [6.07, 6.45) is 10.5. The number of aromatic amines is 2. The van der Waals surface area contributed by atoms with E-state index in [2.05, 4.69) is 43.1 Å². The summed E-state index contributed by atoms with van der Waals surface area (Å²) < 4.78 is 5.23. The van der Waals surface area contributed by atoms with E-state index >= 15 is 0 Å². The number of furan rings is 1. The summed E-state index contributed by atoms with van der Waals surface area (Å²) in [5.41, 5.74) is 7.87. The van der Waals surface area contributed by atoms with Crippen LogP contribution in [0.2, 0.25) is 0 Å². The molecule has 6 aromatic heterocycles. The molecule has 0 spiro atoms. The van der Waals surface area contributed by atoms with Crippen LogP contribution in [0.1, 0.15) is 5.56 Å². The lowest BCUT2D eigenvalue weighted by Crippen LogP contribution is -1.87. The highest BCUT2D eigenvalue weighted by atomic mass is 16.3. The van der Waals surface area contributed by atoms with Gasteiger partial charge in [0.2, 0.25) is 0 Å². The number of aromatic nitrogens is 7. The lowest BCUT2D eigenvalue weighted by molar-refractivity contribution is 0.568. The first-order valence-corrected chi connectivity index (χ1v) is 9.41. The number of rotatable bonds is 3. The van der Waals surface area contributed by atoms with Crippen LogP contribution in [-0.4, -0.2) is 35.1 Å². The molecule has 2 N–H and O–H groups in total. The number of nitrogens with zero attached hydrogens (tertiary/aromatic N) is 5. The van der Waals surface area contributed by atoms with Gasteiger partial charge in [-0.3, -0.25) is 10.1 Å². The second-order valence-electron chi connectivity index (χ2n) is 7.04. The van der Waals surface area contributed by atoms with Gasteiger partial charge in [-0.25, -0.2) is 15.0 Å². The summed E-state index contributed by atoms with van der Waals surface area (Å²) in [4.78, 5) is 21.3. The van der Waals surface area contributed by atoms with Crippen LogP contribution >= 0.6 is 0 Å². The van der Waals surface area contributed by atoms with Crippen LogP contribution in [0.25, 0.3) is 56.0 Å². The Bertz CT molecular complexity index is 1510. The van der Waals surface area contributed by atoms with Crippen LogP contribution in [0, 0.1) is 6.92 Å². The Morgan fingerprint density at radius 2 is 1.90 bits per heavy atom. The van der Waals surface area contributed by atoms with Crippen molar-refractivity contribution in [2.75, 3.05) is 0 Å². The predicted octanol–water partition coefficient (Wildman–Crippen LogP) is 4.53. The summed E-state index contributed by atoms with van der Waals surface area (Å²) in [6.45, 7) is 2.06. The standard InChI is InChI=1S/C22H15N7O/c1-12-2-5-23-10-17(12)14-8-16-19(28-29-20(16)25-9-14)22-26-18-15(13-4-7-30-11-13)3-6-24-21(18)27-22/h2-11H,1H3,(H,24,26,27)(H,25,28,29). The van der Waals surface area contributed by atoms with Gasteiger partial charge in [0.15, 0.2) is 17.1 Å². The van der Waals surface area contributed by atoms with Gasteiger partial charge in [0.25, 0.3) is 0 Å². The van der Waals surface area contributed by atoms with Crippen LogP contribution < -0.4 is 0 Å². The third-order valence-corrected chi connectivity index (χ3v) is 5.21. The van der Waals surface area contributed by atoms with E-state index in [9.17, 15) is 0 Å². The fraction of sp³-hybridized carbons (Fsp3) is 0.0455. The SMILES string of the molecule is Cc1ccncc1-c1cnc2[nH]nc(-c3nc4c(-c5ccoc5)ccnc4[nH]3)c2c1. The number of hydrogen-bond donors (Lipinski definition) is 2. The fourth-order valence-electron chi connectivity index (χ4n) is 3.67. The zero-order chi connectivity index (χ0) is 20.1. The van der Waals surface area contributed by atoms with Crippen molar-refractivity contribution in [3.05, 3.63) is 67.1 Å². The van der Waals surface area contributed by atoms with Gasteiger partial charge < -0.3 is 9.40 Å². The highest BCUT2D eigenvalue weighted by Gasteiger charge is 2.17. The Morgan fingerprint density at radius 1 is 0.933 bits per heavy atom. The Kier molecular flexibility index (Phi) is 3.51. The van der Waals surface area contributed by atoms with Gasteiger partial charge in [0.05, 0.1) is 17.9 Å². The van der Waals surface area contributed by atoms with E-state index in [-0.39, 0.29) is 0 Å². The van der Waals surface area contributed by atoms with Crippen molar-refractivity contribution in [1.82, 2.24) is 35.1 Å². The molecule has 8 nitrogen and oxygen atoms in total. The summed E-state index contributed by atoms with van der Waals surface area (Å²) >= 11 is 0. The van der Waals surface area contributed by atoms with Crippen molar-refractivity contribution in [3.63, 3.8) is 0 Å². The lowest BCUT2D eigenvalue weighted by Gasteiger charge is -2.04. The van der Waals surface area contributed by atoms with Crippen molar-refractivity contribution >= 4 is 22.2 Å². The van der Waals surface area contributed by atoms with Crippen LogP contribution in [0.4, 0.5) is 0 Å². The van der Waals surface area contributed by atoms with Gasteiger partial charge in [0, 0.05) is 47.0 Å². The van der Waals surface area contributed by atoms with Gasteiger partial charge in [-0.05, 0) is 36.8 Å². The molecule has 8 heteroatoms. The molecule has 0 aliphatic rings. The predicted molar refractivity (Wildman–Crippen MR) is 112 cm³/mol. The molecule has 6 aromatic rings. The van der Waals surface area contributed by atoms with Gasteiger partial charge in [-0.1, -0.05) is 0 Å². The third-order valence-electron chi connectivity index (χ3n) is 5.21. The Hall–Kier alpha value is -4.33. The maximum atomic E-state index is 5.23. The van der Waals surface area contributed by atoms with E-state index in [4.69, 9.17) is 9.40 Å². The second kappa shape index (κ2) is 6.35. The smallest absolute Gasteiger partial charge is 0.161 e. The van der Waals surface area contributed by atoms with Crippen molar-refractivity contribution in [1.29, 1.82) is 0 Å². The maximum absolute atomic E-state index is 5.23. The van der Waals surface area contributed by atoms with Crippen molar-refractivity contribution in [2.45, 2.75) is 6.92 Å². The Labute approximate surface area is 170 Å². The van der Waals surface area contributed by atoms with Crippen LogP contribution in [0.5, 0.6) is 0 Å². The van der Waals surface area contributed by atoms with Gasteiger partial charge in [0.1, 0.15) is 11.2 Å². The first-order valence-electron chi connectivity index (χ1n) is 9.41. The van der Waals surface area contributed by atoms with E-state index in [1.165, 1.54) is 0 Å². The largest absolute Gasteiger partial charge is 0.472 e. The summed E-state index contributed by atoms with van der Waals surface area (Å²) in [5.74, 6) is 0.626. The molecule has 0 aliphatic heterocycles. The van der Waals surface area contributed by atoms with E-state index in [0.29, 0.717) is 22.8 Å². The molecule has 0 aliphatic carbocycles. The fourth-order valence-corrected chi connectivity index (χ4v) is 3.67. The monoisotopic (exact) mass is 393 g/mol. The normalized spacial score (nSPS) is 11.5. The maximum Gasteiger partial charge on any atom is 0.161 e. The van der Waals surface area contributed by atoms with E-state index in [1.54, 1.807) is 24.9 Å². The average molecular weight is 393 g/mol. The molecular formula is C22H15N7O. The average Bonchev–Trinajstić information content (AvgIpc) is 3.51. The highest BCUT2D eigenvalue weighted by molar-refractivity contribution is 5.96. The van der Waals surface area contributed by atoms with Crippen LogP contribution in [0.15, 0.2) is 66.0 Å². The molecule has 0 unspecified atom stereocenters. The van der Waals surface area contributed by atoms with Crippen molar-refractivity contribution in [2.24, 2.45) is 0 Å². The molecule has 0 atom stereocenters. The molecule has 0 aromatic carbocycles. The van der Waals surface area contributed by atoms with Gasteiger partial charge >= 0.3 is 0 Å². The van der Waals surface area contributed by atoms with Crippen molar-refractivity contribution in [3.8, 4) is 33.8 Å². The first-order chi connectivity index (χ1) is 14.8. The number of hydrogen-bond acceptors (Lipinski definition) is 6. The number of aryl methyl sites for hydroxylation is 1. The van der Waals surface area contributed by atoms with E-state index in [1.807, 2.05) is 30.6 Å². The number of fused-ring (bicyclic) bond motifs is 2. The zero-order valence-electron chi connectivity index (χ0n) is 15.9.